The van der Waals surface area contributed by atoms with E-state index in [9.17, 15) is 4.79 Å². The molecule has 5 nitrogen and oxygen atoms in total. The Balaban J connectivity index is 1.65. The predicted molar refractivity (Wildman–Crippen MR) is 70.2 cm³/mol. The highest BCUT2D eigenvalue weighted by molar-refractivity contribution is 5.93. The van der Waals surface area contributed by atoms with Gasteiger partial charge in [0.15, 0.2) is 0 Å². The molecule has 0 radical (unpaired) electrons. The lowest BCUT2D eigenvalue weighted by molar-refractivity contribution is 0.0950. The topological polar surface area (TPSA) is 66.9 Å². The van der Waals surface area contributed by atoms with Crippen LogP contribution in [0.1, 0.15) is 27.0 Å². The minimum atomic E-state index is -0.131. The zero-order valence-electron chi connectivity index (χ0n) is 10.4. The van der Waals surface area contributed by atoms with Gasteiger partial charge in [0.25, 0.3) is 5.91 Å². The van der Waals surface area contributed by atoms with Crippen molar-refractivity contribution in [1.82, 2.24) is 20.8 Å². The summed E-state index contributed by atoms with van der Waals surface area (Å²) in [4.78, 5) is 11.9. The number of amides is 1. The Hall–Kier alpha value is -2.27. The number of hydrogen-bond donors (Lipinski definition) is 2. The fraction of sp³-hybridized carbons (Fsp3) is 0.214. The lowest BCUT2D eigenvalue weighted by Crippen LogP contribution is -2.23. The van der Waals surface area contributed by atoms with Gasteiger partial charge >= 0.3 is 0 Å². The van der Waals surface area contributed by atoms with E-state index in [1.165, 1.54) is 23.5 Å². The molecule has 1 aromatic heterocycles. The van der Waals surface area contributed by atoms with Crippen LogP contribution in [0.2, 0.25) is 0 Å². The van der Waals surface area contributed by atoms with Crippen LogP contribution >= 0.6 is 0 Å². The molecule has 0 saturated carbocycles. The van der Waals surface area contributed by atoms with Gasteiger partial charge < -0.3 is 10.6 Å². The van der Waals surface area contributed by atoms with E-state index in [1.54, 1.807) is 6.07 Å². The molecular weight excluding hydrogens is 240 g/mol. The smallest absolute Gasteiger partial charge is 0.253 e. The van der Waals surface area contributed by atoms with Crippen LogP contribution in [-0.4, -0.2) is 16.1 Å². The zero-order chi connectivity index (χ0) is 13.1. The third-order valence-electron chi connectivity index (χ3n) is 3.20. The summed E-state index contributed by atoms with van der Waals surface area (Å²) in [5.74, 6) is -0.131. The summed E-state index contributed by atoms with van der Waals surface area (Å²) in [6.45, 7) is 2.37. The minimum Gasteiger partial charge on any atom is -0.348 e. The summed E-state index contributed by atoms with van der Waals surface area (Å²) in [5.41, 5.74) is 4.29. The Morgan fingerprint density at radius 2 is 2.11 bits per heavy atom. The van der Waals surface area contributed by atoms with Gasteiger partial charge in [0.2, 0.25) is 0 Å². The summed E-state index contributed by atoms with van der Waals surface area (Å²) >= 11 is 0. The van der Waals surface area contributed by atoms with Crippen molar-refractivity contribution in [1.29, 1.82) is 0 Å². The number of carbonyl (C=O) groups excluding carboxylic acids is 1. The van der Waals surface area contributed by atoms with E-state index in [-0.39, 0.29) is 5.91 Å². The number of nitrogens with zero attached hydrogens (tertiary/aromatic N) is 2. The molecule has 1 aliphatic rings. The average Bonchev–Trinajstić information content (AvgIpc) is 2.93. The van der Waals surface area contributed by atoms with Gasteiger partial charge in [-0.3, -0.25) is 4.79 Å². The lowest BCUT2D eigenvalue weighted by atomic mass is 10.1. The number of rotatable bonds is 3. The van der Waals surface area contributed by atoms with Gasteiger partial charge in [-0.2, -0.15) is 10.2 Å². The average molecular weight is 254 g/mol. The summed E-state index contributed by atoms with van der Waals surface area (Å²) in [7, 11) is 0. The molecule has 0 spiro atoms. The Morgan fingerprint density at radius 1 is 1.21 bits per heavy atom. The van der Waals surface area contributed by atoms with Crippen LogP contribution in [0.4, 0.5) is 0 Å². The van der Waals surface area contributed by atoms with Crippen molar-refractivity contribution in [3.63, 3.8) is 0 Å². The molecule has 1 aliphatic heterocycles. The van der Waals surface area contributed by atoms with Gasteiger partial charge in [-0.25, -0.2) is 0 Å². The molecule has 2 aromatic rings. The van der Waals surface area contributed by atoms with E-state index >= 15 is 0 Å². The highest BCUT2D eigenvalue weighted by Gasteiger charge is 2.10. The second kappa shape index (κ2) is 5.16. The zero-order valence-corrected chi connectivity index (χ0v) is 10.4. The molecule has 0 fully saturated rings. The SMILES string of the molecule is O=C(NCc1ccc2c(c1)CNC2)c1ccnnc1. The quantitative estimate of drug-likeness (QED) is 0.858. The first-order valence-electron chi connectivity index (χ1n) is 6.19. The van der Waals surface area contributed by atoms with Gasteiger partial charge in [-0.05, 0) is 22.8 Å². The summed E-state index contributed by atoms with van der Waals surface area (Å²) < 4.78 is 0. The number of fused-ring (bicyclic) bond motifs is 1. The molecule has 0 aliphatic carbocycles. The summed E-state index contributed by atoms with van der Waals surface area (Å²) in [6, 6.07) is 7.96. The molecule has 19 heavy (non-hydrogen) atoms. The Kier molecular flexibility index (Phi) is 3.20. The van der Waals surface area contributed by atoms with Crippen molar-refractivity contribution in [2.75, 3.05) is 0 Å². The highest BCUT2D eigenvalue weighted by Crippen LogP contribution is 2.16. The fourth-order valence-corrected chi connectivity index (χ4v) is 2.17. The van der Waals surface area contributed by atoms with Crippen LogP contribution in [0.25, 0.3) is 0 Å². The molecule has 0 saturated heterocycles. The molecule has 0 bridgehead atoms. The number of benzene rings is 1. The second-order valence-electron chi connectivity index (χ2n) is 4.52. The van der Waals surface area contributed by atoms with Gasteiger partial charge in [0.05, 0.1) is 18.0 Å². The van der Waals surface area contributed by atoms with Crippen LogP contribution in [0.15, 0.2) is 36.7 Å². The molecule has 1 aromatic carbocycles. The molecule has 2 heterocycles. The van der Waals surface area contributed by atoms with Crippen molar-refractivity contribution < 1.29 is 4.79 Å². The maximum Gasteiger partial charge on any atom is 0.253 e. The van der Waals surface area contributed by atoms with Crippen LogP contribution < -0.4 is 10.6 Å². The largest absolute Gasteiger partial charge is 0.348 e. The predicted octanol–water partition coefficient (Wildman–Crippen LogP) is 1.01. The summed E-state index contributed by atoms with van der Waals surface area (Å²) in [6.07, 6.45) is 2.97. The van der Waals surface area contributed by atoms with Crippen molar-refractivity contribution in [2.24, 2.45) is 0 Å². The van der Waals surface area contributed by atoms with E-state index < -0.39 is 0 Å². The first kappa shape index (κ1) is 11.8. The monoisotopic (exact) mass is 254 g/mol. The Labute approximate surface area is 111 Å². The van der Waals surface area contributed by atoms with E-state index in [1.807, 2.05) is 0 Å². The number of hydrogen-bond acceptors (Lipinski definition) is 4. The normalized spacial score (nSPS) is 13.1. The van der Waals surface area contributed by atoms with E-state index in [4.69, 9.17) is 0 Å². The van der Waals surface area contributed by atoms with Crippen LogP contribution in [0, 0.1) is 0 Å². The maximum atomic E-state index is 11.9. The van der Waals surface area contributed by atoms with E-state index in [0.29, 0.717) is 12.1 Å². The molecule has 3 rings (SSSR count). The van der Waals surface area contributed by atoms with Crippen LogP contribution in [0.3, 0.4) is 0 Å². The van der Waals surface area contributed by atoms with E-state index in [0.717, 1.165) is 18.7 Å². The lowest BCUT2D eigenvalue weighted by Gasteiger charge is -2.06. The number of carbonyl (C=O) groups is 1. The first-order chi connectivity index (χ1) is 9.33. The first-order valence-corrected chi connectivity index (χ1v) is 6.19. The van der Waals surface area contributed by atoms with Gasteiger partial charge in [-0.15, -0.1) is 0 Å². The van der Waals surface area contributed by atoms with Gasteiger partial charge in [-0.1, -0.05) is 18.2 Å². The third-order valence-corrected chi connectivity index (χ3v) is 3.20. The molecule has 96 valence electrons. The molecule has 0 atom stereocenters. The molecule has 1 amide bonds. The van der Waals surface area contributed by atoms with Crippen molar-refractivity contribution in [3.05, 3.63) is 58.9 Å². The number of nitrogens with one attached hydrogen (secondary N) is 2. The fourth-order valence-electron chi connectivity index (χ4n) is 2.17. The summed E-state index contributed by atoms with van der Waals surface area (Å²) in [5, 5.41) is 13.5. The Morgan fingerprint density at radius 3 is 2.95 bits per heavy atom. The van der Waals surface area contributed by atoms with Gasteiger partial charge in [0.1, 0.15) is 0 Å². The maximum absolute atomic E-state index is 11.9. The van der Waals surface area contributed by atoms with Crippen molar-refractivity contribution >= 4 is 5.91 Å². The standard InChI is InChI=1S/C14H14N4O/c19-14(12-3-4-17-18-9-12)16-6-10-1-2-11-7-15-8-13(11)5-10/h1-5,9,15H,6-8H2,(H,16,19). The number of aromatic nitrogens is 2. The van der Waals surface area contributed by atoms with Crippen LogP contribution in [0.5, 0.6) is 0 Å². The molecule has 2 N–H and O–H groups in total. The molecular formula is C14H14N4O. The highest BCUT2D eigenvalue weighted by atomic mass is 16.1. The minimum absolute atomic E-state index is 0.131. The second-order valence-corrected chi connectivity index (χ2v) is 4.52. The van der Waals surface area contributed by atoms with Gasteiger partial charge in [0, 0.05) is 19.6 Å². The van der Waals surface area contributed by atoms with Crippen LogP contribution in [-0.2, 0) is 19.6 Å². The Bertz CT molecular complexity index is 598. The van der Waals surface area contributed by atoms with Crippen molar-refractivity contribution in [3.8, 4) is 0 Å². The van der Waals surface area contributed by atoms with Crippen molar-refractivity contribution in [2.45, 2.75) is 19.6 Å². The van der Waals surface area contributed by atoms with E-state index in [2.05, 4.69) is 39.0 Å². The molecule has 5 heteroatoms. The third kappa shape index (κ3) is 2.61. The molecule has 0 unspecified atom stereocenters.